The summed E-state index contributed by atoms with van der Waals surface area (Å²) in [4.78, 5) is 19.0. The van der Waals surface area contributed by atoms with Crippen LogP contribution in [0.2, 0.25) is 0 Å². The third-order valence-electron chi connectivity index (χ3n) is 3.57. The number of aromatic nitrogens is 1. The van der Waals surface area contributed by atoms with Crippen molar-refractivity contribution in [1.29, 1.82) is 0 Å². The highest BCUT2D eigenvalue weighted by Crippen LogP contribution is 2.19. The molecule has 0 spiro atoms. The number of amides is 1. The second-order valence-electron chi connectivity index (χ2n) is 5.20. The molecule has 0 atom stereocenters. The Morgan fingerprint density at radius 2 is 2.26 bits per heavy atom. The van der Waals surface area contributed by atoms with Gasteiger partial charge in [0.2, 0.25) is 0 Å². The number of methoxy groups -OCH3 is 1. The van der Waals surface area contributed by atoms with E-state index in [9.17, 15) is 4.79 Å². The Labute approximate surface area is 139 Å². The van der Waals surface area contributed by atoms with Crippen molar-refractivity contribution in [3.05, 3.63) is 40.3 Å². The van der Waals surface area contributed by atoms with E-state index in [1.54, 1.807) is 18.6 Å². The van der Waals surface area contributed by atoms with E-state index in [1.165, 1.54) is 11.3 Å². The first kappa shape index (κ1) is 15.9. The van der Waals surface area contributed by atoms with Crippen LogP contribution in [0.25, 0.3) is 0 Å². The van der Waals surface area contributed by atoms with Gasteiger partial charge in [-0.05, 0) is 12.1 Å². The van der Waals surface area contributed by atoms with Gasteiger partial charge in [-0.3, -0.25) is 9.69 Å². The van der Waals surface area contributed by atoms with E-state index in [0.717, 1.165) is 37.9 Å². The SMILES string of the molecule is COc1cccc(NC(=O)c2csc(CN3CCOCC3)n2)c1. The van der Waals surface area contributed by atoms with Crippen LogP contribution in [0.3, 0.4) is 0 Å². The van der Waals surface area contributed by atoms with Gasteiger partial charge in [0, 0.05) is 30.2 Å². The van der Waals surface area contributed by atoms with Gasteiger partial charge in [0.1, 0.15) is 16.5 Å². The molecular formula is C16H19N3O3S. The van der Waals surface area contributed by atoms with Crippen LogP contribution in [0.5, 0.6) is 5.75 Å². The van der Waals surface area contributed by atoms with Gasteiger partial charge in [0.15, 0.2) is 0 Å². The molecule has 1 aliphatic heterocycles. The molecule has 6 nitrogen and oxygen atoms in total. The van der Waals surface area contributed by atoms with Gasteiger partial charge in [-0.15, -0.1) is 11.3 Å². The highest BCUT2D eigenvalue weighted by atomic mass is 32.1. The first-order valence-electron chi connectivity index (χ1n) is 7.44. The van der Waals surface area contributed by atoms with E-state index in [2.05, 4.69) is 15.2 Å². The molecule has 0 radical (unpaired) electrons. The van der Waals surface area contributed by atoms with Crippen LogP contribution in [-0.4, -0.2) is 49.2 Å². The lowest BCUT2D eigenvalue weighted by molar-refractivity contribution is 0.0341. The average molecular weight is 333 g/mol. The quantitative estimate of drug-likeness (QED) is 0.909. The number of rotatable bonds is 5. The Morgan fingerprint density at radius 3 is 3.04 bits per heavy atom. The number of nitrogens with zero attached hydrogens (tertiary/aromatic N) is 2. The molecule has 0 unspecified atom stereocenters. The average Bonchev–Trinajstić information content (AvgIpc) is 3.04. The Balaban J connectivity index is 1.61. The number of hydrogen-bond acceptors (Lipinski definition) is 6. The molecule has 1 aromatic carbocycles. The third kappa shape index (κ3) is 4.28. The van der Waals surface area contributed by atoms with E-state index >= 15 is 0 Å². The van der Waals surface area contributed by atoms with Crippen molar-refractivity contribution in [2.24, 2.45) is 0 Å². The summed E-state index contributed by atoms with van der Waals surface area (Å²) in [5.41, 5.74) is 1.14. The maximum Gasteiger partial charge on any atom is 0.275 e. The van der Waals surface area contributed by atoms with E-state index in [1.807, 2.05) is 18.2 Å². The summed E-state index contributed by atoms with van der Waals surface area (Å²) in [5, 5.41) is 5.59. The lowest BCUT2D eigenvalue weighted by atomic mass is 10.3. The minimum atomic E-state index is -0.206. The molecule has 0 aliphatic carbocycles. The molecule has 1 N–H and O–H groups in total. The van der Waals surface area contributed by atoms with E-state index in [0.29, 0.717) is 17.1 Å². The molecule has 1 aromatic heterocycles. The Hall–Kier alpha value is -1.96. The summed E-state index contributed by atoms with van der Waals surface area (Å²) >= 11 is 1.51. The van der Waals surface area contributed by atoms with Crippen LogP contribution in [-0.2, 0) is 11.3 Å². The number of morpholine rings is 1. The lowest BCUT2D eigenvalue weighted by Gasteiger charge is -2.25. The summed E-state index contributed by atoms with van der Waals surface area (Å²) in [5.74, 6) is 0.497. The Bertz CT molecular complexity index is 668. The fourth-order valence-corrected chi connectivity index (χ4v) is 3.15. The van der Waals surface area contributed by atoms with Gasteiger partial charge in [-0.2, -0.15) is 0 Å². The summed E-state index contributed by atoms with van der Waals surface area (Å²) in [6.07, 6.45) is 0. The zero-order valence-corrected chi connectivity index (χ0v) is 13.8. The van der Waals surface area contributed by atoms with Crippen molar-refractivity contribution in [2.75, 3.05) is 38.7 Å². The molecule has 0 saturated carbocycles. The van der Waals surface area contributed by atoms with Gasteiger partial charge >= 0.3 is 0 Å². The van der Waals surface area contributed by atoms with Gasteiger partial charge in [0.05, 0.1) is 26.9 Å². The van der Waals surface area contributed by atoms with Crippen LogP contribution in [0.4, 0.5) is 5.69 Å². The summed E-state index contributed by atoms with van der Waals surface area (Å²) in [6, 6.07) is 7.26. The molecule has 1 amide bonds. The van der Waals surface area contributed by atoms with Crippen LogP contribution < -0.4 is 10.1 Å². The molecular weight excluding hydrogens is 314 g/mol. The fourth-order valence-electron chi connectivity index (χ4n) is 2.33. The number of carbonyl (C=O) groups excluding carboxylic acids is 1. The number of ether oxygens (including phenoxy) is 2. The first-order valence-corrected chi connectivity index (χ1v) is 8.32. The Morgan fingerprint density at radius 1 is 1.43 bits per heavy atom. The van der Waals surface area contributed by atoms with Gasteiger partial charge in [-0.1, -0.05) is 6.07 Å². The summed E-state index contributed by atoms with van der Waals surface area (Å²) in [7, 11) is 1.60. The standard InChI is InChI=1S/C16H19N3O3S/c1-21-13-4-2-3-12(9-13)17-16(20)14-11-23-15(18-14)10-19-5-7-22-8-6-19/h2-4,9,11H,5-8,10H2,1H3,(H,17,20). The second kappa shape index (κ2) is 7.54. The van der Waals surface area contributed by atoms with Crippen molar-refractivity contribution in [3.63, 3.8) is 0 Å². The van der Waals surface area contributed by atoms with Crippen LogP contribution in [0.1, 0.15) is 15.5 Å². The highest BCUT2D eigenvalue weighted by molar-refractivity contribution is 7.09. The topological polar surface area (TPSA) is 63.7 Å². The van der Waals surface area contributed by atoms with Crippen molar-refractivity contribution in [3.8, 4) is 5.75 Å². The molecule has 1 aliphatic rings. The predicted octanol–water partition coefficient (Wildman–Crippen LogP) is 2.24. The fraction of sp³-hybridized carbons (Fsp3) is 0.375. The molecule has 1 fully saturated rings. The zero-order chi connectivity index (χ0) is 16.1. The molecule has 2 aromatic rings. The van der Waals surface area contributed by atoms with Crippen LogP contribution >= 0.6 is 11.3 Å². The number of nitrogens with one attached hydrogen (secondary N) is 1. The molecule has 7 heteroatoms. The van der Waals surface area contributed by atoms with Crippen molar-refractivity contribution < 1.29 is 14.3 Å². The van der Waals surface area contributed by atoms with Gasteiger partial charge < -0.3 is 14.8 Å². The van der Waals surface area contributed by atoms with E-state index in [4.69, 9.17) is 9.47 Å². The van der Waals surface area contributed by atoms with Crippen molar-refractivity contribution >= 4 is 22.9 Å². The Kier molecular flexibility index (Phi) is 5.22. The van der Waals surface area contributed by atoms with E-state index in [-0.39, 0.29) is 5.91 Å². The minimum Gasteiger partial charge on any atom is -0.497 e. The van der Waals surface area contributed by atoms with E-state index < -0.39 is 0 Å². The van der Waals surface area contributed by atoms with Crippen LogP contribution in [0, 0.1) is 0 Å². The molecule has 3 rings (SSSR count). The van der Waals surface area contributed by atoms with Gasteiger partial charge in [-0.25, -0.2) is 4.98 Å². The normalized spacial score (nSPS) is 15.3. The van der Waals surface area contributed by atoms with Crippen molar-refractivity contribution in [2.45, 2.75) is 6.54 Å². The smallest absolute Gasteiger partial charge is 0.275 e. The lowest BCUT2D eigenvalue weighted by Crippen LogP contribution is -2.35. The monoisotopic (exact) mass is 333 g/mol. The summed E-state index contributed by atoms with van der Waals surface area (Å²) in [6.45, 7) is 4.10. The molecule has 23 heavy (non-hydrogen) atoms. The zero-order valence-electron chi connectivity index (χ0n) is 12.9. The van der Waals surface area contributed by atoms with Crippen molar-refractivity contribution in [1.82, 2.24) is 9.88 Å². The third-order valence-corrected chi connectivity index (χ3v) is 4.41. The number of benzene rings is 1. The minimum absolute atomic E-state index is 0.206. The van der Waals surface area contributed by atoms with Crippen LogP contribution in [0.15, 0.2) is 29.6 Å². The second-order valence-corrected chi connectivity index (χ2v) is 6.14. The number of anilines is 1. The molecule has 122 valence electrons. The largest absolute Gasteiger partial charge is 0.497 e. The maximum absolute atomic E-state index is 12.3. The molecule has 0 bridgehead atoms. The number of hydrogen-bond donors (Lipinski definition) is 1. The summed E-state index contributed by atoms with van der Waals surface area (Å²) < 4.78 is 10.5. The van der Waals surface area contributed by atoms with Gasteiger partial charge in [0.25, 0.3) is 5.91 Å². The molecule has 2 heterocycles. The maximum atomic E-state index is 12.3. The highest BCUT2D eigenvalue weighted by Gasteiger charge is 2.15. The first-order chi connectivity index (χ1) is 11.2. The predicted molar refractivity (Wildman–Crippen MR) is 89.2 cm³/mol. The number of carbonyl (C=O) groups is 1. The molecule has 1 saturated heterocycles. The number of thiazole rings is 1.